The predicted molar refractivity (Wildman–Crippen MR) is 65.5 cm³/mol. The molecular formula is C12H19NO2S. The van der Waals surface area contributed by atoms with Gasteiger partial charge in [0.15, 0.2) is 0 Å². The van der Waals surface area contributed by atoms with Crippen molar-refractivity contribution in [3.63, 3.8) is 0 Å². The first-order valence-electron chi connectivity index (χ1n) is 5.85. The highest BCUT2D eigenvalue weighted by atomic mass is 32.1. The van der Waals surface area contributed by atoms with Crippen molar-refractivity contribution in [2.75, 3.05) is 13.2 Å². The first kappa shape index (κ1) is 12.0. The second-order valence-corrected chi connectivity index (χ2v) is 5.33. The van der Waals surface area contributed by atoms with Crippen LogP contribution in [0.25, 0.3) is 0 Å². The lowest BCUT2D eigenvalue weighted by Crippen LogP contribution is -2.24. The van der Waals surface area contributed by atoms with Crippen LogP contribution in [0.4, 0.5) is 0 Å². The molecule has 2 rings (SSSR count). The monoisotopic (exact) mass is 241 g/mol. The van der Waals surface area contributed by atoms with Gasteiger partial charge in [0, 0.05) is 22.9 Å². The third kappa shape index (κ3) is 3.56. The van der Waals surface area contributed by atoms with Crippen LogP contribution < -0.4 is 5.73 Å². The highest BCUT2D eigenvalue weighted by Crippen LogP contribution is 2.18. The van der Waals surface area contributed by atoms with Gasteiger partial charge in [-0.2, -0.15) is 0 Å². The molecule has 4 heteroatoms. The zero-order chi connectivity index (χ0) is 11.2. The zero-order valence-corrected chi connectivity index (χ0v) is 10.3. The van der Waals surface area contributed by atoms with Gasteiger partial charge >= 0.3 is 0 Å². The zero-order valence-electron chi connectivity index (χ0n) is 9.48. The molecule has 1 atom stereocenters. The SMILES string of the molecule is NCc1ccc(COCC2CCCCO2)s1. The summed E-state index contributed by atoms with van der Waals surface area (Å²) in [6, 6.07) is 4.16. The molecule has 0 saturated carbocycles. The summed E-state index contributed by atoms with van der Waals surface area (Å²) in [5, 5.41) is 0. The molecule has 1 unspecified atom stereocenters. The average Bonchev–Trinajstić information content (AvgIpc) is 2.78. The van der Waals surface area contributed by atoms with Crippen LogP contribution in [-0.4, -0.2) is 19.3 Å². The van der Waals surface area contributed by atoms with Crippen molar-refractivity contribution >= 4 is 11.3 Å². The van der Waals surface area contributed by atoms with Crippen LogP contribution in [0.5, 0.6) is 0 Å². The molecule has 1 aliphatic rings. The molecule has 0 aliphatic carbocycles. The van der Waals surface area contributed by atoms with E-state index >= 15 is 0 Å². The predicted octanol–water partition coefficient (Wildman–Crippen LogP) is 2.29. The van der Waals surface area contributed by atoms with E-state index in [9.17, 15) is 0 Å². The van der Waals surface area contributed by atoms with E-state index < -0.39 is 0 Å². The van der Waals surface area contributed by atoms with Gasteiger partial charge in [0.2, 0.25) is 0 Å². The number of rotatable bonds is 5. The molecule has 90 valence electrons. The van der Waals surface area contributed by atoms with Gasteiger partial charge in [-0.1, -0.05) is 0 Å². The van der Waals surface area contributed by atoms with Crippen LogP contribution in [0.2, 0.25) is 0 Å². The lowest BCUT2D eigenvalue weighted by Gasteiger charge is -2.22. The quantitative estimate of drug-likeness (QED) is 0.860. The highest BCUT2D eigenvalue weighted by molar-refractivity contribution is 7.11. The molecular weight excluding hydrogens is 222 g/mol. The maximum Gasteiger partial charge on any atom is 0.0810 e. The Balaban J connectivity index is 1.66. The Hall–Kier alpha value is -0.420. The fourth-order valence-electron chi connectivity index (χ4n) is 1.84. The summed E-state index contributed by atoms with van der Waals surface area (Å²) in [6.45, 7) is 2.92. The molecule has 1 aromatic rings. The fourth-order valence-corrected chi connectivity index (χ4v) is 2.67. The Labute approximate surface area is 101 Å². The normalized spacial score (nSPS) is 21.2. The van der Waals surface area contributed by atoms with Crippen molar-refractivity contribution in [1.29, 1.82) is 0 Å². The molecule has 1 aliphatic heterocycles. The first-order valence-corrected chi connectivity index (χ1v) is 6.67. The van der Waals surface area contributed by atoms with Gasteiger partial charge in [-0.05, 0) is 31.4 Å². The van der Waals surface area contributed by atoms with Crippen molar-refractivity contribution in [2.24, 2.45) is 5.73 Å². The van der Waals surface area contributed by atoms with Crippen LogP contribution in [0.3, 0.4) is 0 Å². The Bertz CT molecular complexity index is 308. The minimum atomic E-state index is 0.308. The Morgan fingerprint density at radius 3 is 2.94 bits per heavy atom. The van der Waals surface area contributed by atoms with Crippen LogP contribution in [-0.2, 0) is 22.6 Å². The molecule has 0 bridgehead atoms. The van der Waals surface area contributed by atoms with Crippen LogP contribution in [0, 0.1) is 0 Å². The topological polar surface area (TPSA) is 44.5 Å². The summed E-state index contributed by atoms with van der Waals surface area (Å²) in [5.41, 5.74) is 5.56. The van der Waals surface area contributed by atoms with Crippen LogP contribution in [0.1, 0.15) is 29.0 Å². The lowest BCUT2D eigenvalue weighted by atomic mass is 10.1. The molecule has 1 saturated heterocycles. The Morgan fingerprint density at radius 1 is 1.38 bits per heavy atom. The van der Waals surface area contributed by atoms with Gasteiger partial charge in [-0.25, -0.2) is 0 Å². The smallest absolute Gasteiger partial charge is 0.0810 e. The second-order valence-electron chi connectivity index (χ2n) is 4.08. The number of hydrogen-bond donors (Lipinski definition) is 1. The van der Waals surface area contributed by atoms with Crippen molar-refractivity contribution in [1.82, 2.24) is 0 Å². The molecule has 2 N–H and O–H groups in total. The van der Waals surface area contributed by atoms with E-state index in [2.05, 4.69) is 12.1 Å². The maximum atomic E-state index is 5.66. The summed E-state index contributed by atoms with van der Waals surface area (Å²) < 4.78 is 11.3. The van der Waals surface area contributed by atoms with Crippen molar-refractivity contribution in [3.8, 4) is 0 Å². The number of thiophene rings is 1. The molecule has 0 spiro atoms. The van der Waals surface area contributed by atoms with E-state index in [0.717, 1.165) is 19.6 Å². The van der Waals surface area contributed by atoms with E-state index in [4.69, 9.17) is 15.2 Å². The van der Waals surface area contributed by atoms with Gasteiger partial charge in [0.25, 0.3) is 0 Å². The Morgan fingerprint density at radius 2 is 2.25 bits per heavy atom. The van der Waals surface area contributed by atoms with Crippen molar-refractivity contribution < 1.29 is 9.47 Å². The molecule has 1 fully saturated rings. The maximum absolute atomic E-state index is 5.66. The van der Waals surface area contributed by atoms with Crippen LogP contribution >= 0.6 is 11.3 Å². The van der Waals surface area contributed by atoms with E-state index in [1.807, 2.05) is 0 Å². The average molecular weight is 241 g/mol. The molecule has 0 radical (unpaired) electrons. The summed E-state index contributed by atoms with van der Waals surface area (Å²) >= 11 is 1.73. The van der Waals surface area contributed by atoms with Gasteiger partial charge in [-0.15, -0.1) is 11.3 Å². The summed E-state index contributed by atoms with van der Waals surface area (Å²) in [4.78, 5) is 2.46. The molecule has 16 heavy (non-hydrogen) atoms. The number of hydrogen-bond acceptors (Lipinski definition) is 4. The highest BCUT2D eigenvalue weighted by Gasteiger charge is 2.13. The van der Waals surface area contributed by atoms with E-state index in [1.54, 1.807) is 11.3 Å². The largest absolute Gasteiger partial charge is 0.376 e. The van der Waals surface area contributed by atoms with E-state index in [1.165, 1.54) is 22.6 Å². The standard InChI is InChI=1S/C12H19NO2S/c13-7-11-4-5-12(16-11)9-14-8-10-3-1-2-6-15-10/h4-5,10H,1-3,6-9,13H2. The minimum absolute atomic E-state index is 0.308. The number of nitrogens with two attached hydrogens (primary N) is 1. The van der Waals surface area contributed by atoms with Gasteiger partial charge in [0.1, 0.15) is 0 Å². The molecule has 1 aromatic heterocycles. The summed E-state index contributed by atoms with van der Waals surface area (Å²) in [5.74, 6) is 0. The number of ether oxygens (including phenoxy) is 2. The van der Waals surface area contributed by atoms with Crippen molar-refractivity contribution in [3.05, 3.63) is 21.9 Å². The first-order chi connectivity index (χ1) is 7.88. The second kappa shape index (κ2) is 6.35. The molecule has 0 aromatic carbocycles. The summed E-state index contributed by atoms with van der Waals surface area (Å²) in [6.07, 6.45) is 3.91. The fraction of sp³-hybridized carbons (Fsp3) is 0.667. The van der Waals surface area contributed by atoms with Gasteiger partial charge in [0.05, 0.1) is 19.3 Å². The minimum Gasteiger partial charge on any atom is -0.376 e. The molecule has 2 heterocycles. The van der Waals surface area contributed by atoms with Crippen molar-refractivity contribution in [2.45, 2.75) is 38.5 Å². The summed E-state index contributed by atoms with van der Waals surface area (Å²) in [7, 11) is 0. The van der Waals surface area contributed by atoms with Crippen LogP contribution in [0.15, 0.2) is 12.1 Å². The third-order valence-electron chi connectivity index (χ3n) is 2.74. The van der Waals surface area contributed by atoms with Gasteiger partial charge in [-0.3, -0.25) is 0 Å². The molecule has 3 nitrogen and oxygen atoms in total. The third-order valence-corrected chi connectivity index (χ3v) is 3.82. The van der Waals surface area contributed by atoms with E-state index in [-0.39, 0.29) is 0 Å². The Kier molecular flexibility index (Phi) is 4.78. The van der Waals surface area contributed by atoms with Gasteiger partial charge < -0.3 is 15.2 Å². The molecule has 0 amide bonds. The van der Waals surface area contributed by atoms with E-state index in [0.29, 0.717) is 19.3 Å². The lowest BCUT2D eigenvalue weighted by molar-refractivity contribution is -0.0443.